The van der Waals surface area contributed by atoms with E-state index in [1.54, 1.807) is 11.0 Å². The number of anilines is 2. The van der Waals surface area contributed by atoms with Crippen LogP contribution in [-0.2, 0) is 4.74 Å². The molecule has 1 aliphatic carbocycles. The summed E-state index contributed by atoms with van der Waals surface area (Å²) in [5, 5.41) is 9.89. The molecule has 50 heavy (non-hydrogen) atoms. The first kappa shape index (κ1) is 37.2. The molecule has 4 heterocycles. The van der Waals surface area contributed by atoms with Crippen LogP contribution < -0.4 is 10.2 Å². The van der Waals surface area contributed by atoms with Crippen molar-refractivity contribution in [3.8, 4) is 11.1 Å². The number of halogens is 3. The van der Waals surface area contributed by atoms with Gasteiger partial charge in [0.05, 0.1) is 23.1 Å². The van der Waals surface area contributed by atoms with Crippen LogP contribution in [0.15, 0.2) is 24.4 Å². The van der Waals surface area contributed by atoms with Crippen molar-refractivity contribution in [3.63, 3.8) is 0 Å². The van der Waals surface area contributed by atoms with Gasteiger partial charge in [-0.25, -0.2) is 18.6 Å². The molecule has 1 N–H and O–H groups in total. The number of nitrogens with one attached hydrogen (secondary N) is 1. The third-order valence-corrected chi connectivity index (χ3v) is 11.8. The largest absolute Gasteiger partial charge is 0.444 e. The van der Waals surface area contributed by atoms with E-state index < -0.39 is 11.4 Å². The second-order valence-corrected chi connectivity index (χ2v) is 16.8. The number of benzene rings is 2. The van der Waals surface area contributed by atoms with Crippen molar-refractivity contribution in [1.82, 2.24) is 29.3 Å². The molecule has 10 nitrogen and oxygen atoms in total. The molecular formula is C36H48ClFIN8O2P. The zero-order chi connectivity index (χ0) is 35.9. The lowest BCUT2D eigenvalue weighted by molar-refractivity contribution is 0.0158. The summed E-state index contributed by atoms with van der Waals surface area (Å²) in [5.74, 6) is 0.536. The Bertz CT molecular complexity index is 1870. The van der Waals surface area contributed by atoms with Gasteiger partial charge in [-0.3, -0.25) is 0 Å². The number of aryl methyl sites for hydroxylation is 1. The monoisotopic (exact) mass is 836 g/mol. The van der Waals surface area contributed by atoms with E-state index in [9.17, 15) is 4.79 Å². The van der Waals surface area contributed by atoms with Crippen molar-refractivity contribution in [1.29, 1.82) is 0 Å². The van der Waals surface area contributed by atoms with Gasteiger partial charge in [0, 0.05) is 72.7 Å². The summed E-state index contributed by atoms with van der Waals surface area (Å²) in [5.41, 5.74) is 2.43. The Morgan fingerprint density at radius 3 is 2.44 bits per heavy atom. The van der Waals surface area contributed by atoms with Gasteiger partial charge in [0.25, 0.3) is 0 Å². The highest BCUT2D eigenvalue weighted by Crippen LogP contribution is 2.44. The number of ether oxygens (including phenoxy) is 1. The van der Waals surface area contributed by atoms with Crippen molar-refractivity contribution in [3.05, 3.63) is 40.8 Å². The van der Waals surface area contributed by atoms with E-state index in [-0.39, 0.29) is 23.7 Å². The van der Waals surface area contributed by atoms with E-state index in [1.807, 2.05) is 71.2 Å². The van der Waals surface area contributed by atoms with E-state index in [0.29, 0.717) is 53.7 Å². The predicted octanol–water partition coefficient (Wildman–Crippen LogP) is 9.05. The molecule has 7 rings (SSSR count). The topological polar surface area (TPSA) is 91.7 Å². The first-order valence-electron chi connectivity index (χ1n) is 17.7. The number of aromatic nitrogens is 4. The van der Waals surface area contributed by atoms with Gasteiger partial charge in [-0.15, -0.1) is 0 Å². The Morgan fingerprint density at radius 2 is 1.80 bits per heavy atom. The summed E-state index contributed by atoms with van der Waals surface area (Å²) >= 11 is 9.34. The molecule has 4 aromatic rings. The lowest BCUT2D eigenvalue weighted by atomic mass is 9.96. The molecule has 3 fully saturated rings. The number of piperazine rings is 1. The molecular weight excluding hydrogens is 789 g/mol. The fraction of sp³-hybridized carbons (Fsp3) is 0.556. The first-order chi connectivity index (χ1) is 23.9. The quantitative estimate of drug-likeness (QED) is 0.152. The molecule has 0 spiro atoms. The fourth-order valence-electron chi connectivity index (χ4n) is 7.09. The normalized spacial score (nSPS) is 19.4. The van der Waals surface area contributed by atoms with Crippen LogP contribution in [0.1, 0.15) is 72.8 Å². The van der Waals surface area contributed by atoms with Crippen molar-refractivity contribution in [2.24, 2.45) is 0 Å². The molecule has 1 amide bonds. The molecule has 2 saturated heterocycles. The van der Waals surface area contributed by atoms with Gasteiger partial charge in [0.2, 0.25) is 5.95 Å². The van der Waals surface area contributed by atoms with Gasteiger partial charge in [0.15, 0.2) is 5.82 Å². The summed E-state index contributed by atoms with van der Waals surface area (Å²) in [6, 6.07) is 6.58. The predicted molar refractivity (Wildman–Crippen MR) is 213 cm³/mol. The Morgan fingerprint density at radius 1 is 1.08 bits per heavy atom. The fourth-order valence-corrected chi connectivity index (χ4v) is 8.90. The van der Waals surface area contributed by atoms with Crippen LogP contribution >= 0.6 is 40.0 Å². The molecule has 270 valence electrons. The van der Waals surface area contributed by atoms with Crippen LogP contribution in [0.25, 0.3) is 32.9 Å². The summed E-state index contributed by atoms with van der Waals surface area (Å²) in [7, 11) is 0. The van der Waals surface area contributed by atoms with Gasteiger partial charge in [-0.05, 0) is 94.0 Å². The van der Waals surface area contributed by atoms with Crippen LogP contribution in [0, 0.1) is 12.7 Å². The maximum atomic E-state index is 17.2. The highest BCUT2D eigenvalue weighted by atomic mass is 127. The van der Waals surface area contributed by atoms with Gasteiger partial charge < -0.3 is 24.8 Å². The van der Waals surface area contributed by atoms with E-state index in [0.717, 1.165) is 54.0 Å². The molecule has 3 aliphatic rings. The number of carbonyl (C=O) groups excluding carboxylic acids is 1. The second-order valence-electron chi connectivity index (χ2n) is 14.3. The van der Waals surface area contributed by atoms with E-state index in [4.69, 9.17) is 26.3 Å². The Kier molecular flexibility index (Phi) is 11.3. The minimum Gasteiger partial charge on any atom is -0.444 e. The van der Waals surface area contributed by atoms with Gasteiger partial charge in [-0.1, -0.05) is 37.6 Å². The highest BCUT2D eigenvalue weighted by Gasteiger charge is 2.35. The van der Waals surface area contributed by atoms with Crippen LogP contribution in [-0.4, -0.2) is 91.9 Å². The zero-order valence-electron chi connectivity index (χ0n) is 30.0. The molecule has 0 radical (unpaired) electrons. The zero-order valence-corrected chi connectivity index (χ0v) is 33.9. The van der Waals surface area contributed by atoms with Crippen LogP contribution in [0.5, 0.6) is 0 Å². The van der Waals surface area contributed by atoms with E-state index in [2.05, 4.69) is 42.3 Å². The van der Waals surface area contributed by atoms with Crippen molar-refractivity contribution in [2.45, 2.75) is 97.9 Å². The maximum absolute atomic E-state index is 17.2. The summed E-state index contributed by atoms with van der Waals surface area (Å²) in [4.78, 5) is 29.3. The Hall–Kier alpha value is -2.54. The minimum atomic E-state index is -0.588. The highest BCUT2D eigenvalue weighted by molar-refractivity contribution is 14.2. The third-order valence-electron chi connectivity index (χ3n) is 9.62. The van der Waals surface area contributed by atoms with Gasteiger partial charge >= 0.3 is 6.09 Å². The van der Waals surface area contributed by atoms with Crippen LogP contribution in [0.2, 0.25) is 5.02 Å². The molecule has 2 aromatic carbocycles. The molecule has 1 saturated carbocycles. The number of piperidine rings is 1. The van der Waals surface area contributed by atoms with Gasteiger partial charge in [-0.2, -0.15) is 10.1 Å². The van der Waals surface area contributed by atoms with Crippen LogP contribution in [0.4, 0.5) is 21.0 Å². The number of likely N-dealkylation sites (tertiary alicyclic amines) is 1. The third kappa shape index (κ3) is 7.64. The molecule has 14 heteroatoms. The summed E-state index contributed by atoms with van der Waals surface area (Å²) in [6.07, 6.45) is 6.37. The molecule has 2 aromatic heterocycles. The van der Waals surface area contributed by atoms with E-state index in [1.165, 1.54) is 12.8 Å². The number of fused-ring (bicyclic) bond motifs is 2. The molecule has 1 unspecified atom stereocenters. The van der Waals surface area contributed by atoms with Crippen molar-refractivity contribution < 1.29 is 13.9 Å². The number of rotatable bonds is 6. The average Bonchev–Trinajstić information content (AvgIpc) is 3.85. The van der Waals surface area contributed by atoms with Crippen molar-refractivity contribution >= 4 is 79.7 Å². The first-order valence-corrected chi connectivity index (χ1v) is 22.1. The van der Waals surface area contributed by atoms with Gasteiger partial charge in [0.1, 0.15) is 16.9 Å². The Balaban J connectivity index is 0.00000212. The smallest absolute Gasteiger partial charge is 0.410 e. The minimum absolute atomic E-state index is 0.156. The Labute approximate surface area is 314 Å². The second kappa shape index (κ2) is 15.2. The SMILES string of the molecule is CC.Cc1ccc2cnn(PI)c2c1-c1c(Cl)cc2c(N3CCN(C(=O)OC(C)(C)C)[C@H](C)C3)nc(NC3CCN(C4CC4)CC3)nc2c1F. The van der Waals surface area contributed by atoms with E-state index >= 15 is 4.39 Å². The summed E-state index contributed by atoms with van der Waals surface area (Å²) < 4.78 is 24.8. The molecule has 0 bridgehead atoms. The number of amides is 1. The average molecular weight is 837 g/mol. The lowest BCUT2D eigenvalue weighted by Gasteiger charge is -2.41. The maximum Gasteiger partial charge on any atom is 0.410 e. The standard InChI is InChI=1S/C34H42ClFIN8O2P.C2H6/c1-19-6-7-21-17-38-45(48-37)30(21)26(19)27-25(35)16-24-29(28(27)36)40-32(39-22-10-12-42(13-11-22)23-8-9-23)41-31(24)43-14-15-44(20(2)18-43)33(46)47-34(3,4)5;1-2/h6-7,16-17,20,22-23,48H,8-15,18H2,1-5H3,(H,39,40,41);1-2H3/t20-;/m1./s1. The summed E-state index contributed by atoms with van der Waals surface area (Å²) in [6.45, 7) is 17.1. The number of nitrogens with zero attached hydrogens (tertiary/aromatic N) is 7. The molecule has 2 aliphatic heterocycles. The molecule has 2 atom stereocenters. The lowest BCUT2D eigenvalue weighted by Crippen LogP contribution is -2.55. The number of hydrogen-bond donors (Lipinski definition) is 1. The van der Waals surface area contributed by atoms with Crippen molar-refractivity contribution in [2.75, 3.05) is 42.9 Å². The number of hydrogen-bond acceptors (Lipinski definition) is 8. The number of carbonyl (C=O) groups is 1. The van der Waals surface area contributed by atoms with Crippen LogP contribution in [0.3, 0.4) is 0 Å².